The van der Waals surface area contributed by atoms with Crippen molar-refractivity contribution in [3.63, 3.8) is 0 Å². The van der Waals surface area contributed by atoms with Gasteiger partial charge in [0.05, 0.1) is 0 Å². The molecule has 0 nitrogen and oxygen atoms in total. The molecular formula is LiMoS2. The van der Waals surface area contributed by atoms with Gasteiger partial charge in [0.15, 0.2) is 0 Å². The Labute approximate surface area is 52.9 Å². The summed E-state index contributed by atoms with van der Waals surface area (Å²) in [4.78, 5) is 0. The van der Waals surface area contributed by atoms with Crippen LogP contribution in [0.4, 0.5) is 0 Å². The fraction of sp³-hybridized carbons (Fsp3) is 0. The molecule has 0 bridgehead atoms. The van der Waals surface area contributed by atoms with E-state index in [0.29, 0.717) is 0 Å². The summed E-state index contributed by atoms with van der Waals surface area (Å²) in [5, 5.41) is 0. The molecule has 0 amide bonds. The van der Waals surface area contributed by atoms with Gasteiger partial charge in [0, 0.05) is 18.9 Å². The Hall–Kier alpha value is 1.73. The van der Waals surface area contributed by atoms with Crippen molar-refractivity contribution in [3.05, 3.63) is 0 Å². The monoisotopic (exact) mass is 169 g/mol. The molecule has 0 spiro atoms. The van der Waals surface area contributed by atoms with Gasteiger partial charge in [0.25, 0.3) is 0 Å². The van der Waals surface area contributed by atoms with E-state index in [1.54, 1.807) is 0 Å². The van der Waals surface area contributed by atoms with Crippen LogP contribution in [-0.2, 0) is 14.9 Å². The molecule has 0 saturated heterocycles. The van der Waals surface area contributed by atoms with E-state index in [0.717, 1.165) is 0 Å². The molecule has 0 aromatic rings. The molecule has 0 fully saturated rings. The third-order valence-corrected chi connectivity index (χ3v) is 0. The van der Waals surface area contributed by atoms with Crippen LogP contribution in [0.25, 0.3) is 0 Å². The van der Waals surface area contributed by atoms with Crippen LogP contribution in [0.3, 0.4) is 0 Å². The number of rotatable bonds is 0. The van der Waals surface area contributed by atoms with Gasteiger partial charge in [0.2, 0.25) is 0 Å². The van der Waals surface area contributed by atoms with Crippen LogP contribution in [0.2, 0.25) is 0 Å². The normalized spacial score (nSPS) is 3.00. The van der Waals surface area contributed by atoms with E-state index in [4.69, 9.17) is 0 Å². The Morgan fingerprint density at radius 2 is 1.25 bits per heavy atom. The molecule has 0 N–H and O–H groups in total. The third-order valence-electron chi connectivity index (χ3n) is 0. The second kappa shape index (κ2) is 8.83. The van der Waals surface area contributed by atoms with Gasteiger partial charge >= 0.3 is 34.6 Å². The van der Waals surface area contributed by atoms with Gasteiger partial charge < -0.3 is 0 Å². The first kappa shape index (κ1) is 9.21. The first-order chi connectivity index (χ1) is 1.41. The van der Waals surface area contributed by atoms with Gasteiger partial charge in [0.1, 0.15) is 0 Å². The molecule has 0 aromatic carbocycles. The molecule has 0 rings (SSSR count). The van der Waals surface area contributed by atoms with Gasteiger partial charge in [-0.15, -0.1) is 0 Å². The van der Waals surface area contributed by atoms with Crippen LogP contribution in [0.15, 0.2) is 0 Å². The fourth-order valence-corrected chi connectivity index (χ4v) is 0. The van der Waals surface area contributed by atoms with Crippen molar-refractivity contribution < 1.29 is 14.9 Å². The standard InChI is InChI=1S/Li.Mo.2S. The first-order valence-corrected chi connectivity index (χ1v) is 5.92. The molecule has 0 unspecified atom stereocenters. The van der Waals surface area contributed by atoms with Crippen LogP contribution in [0.1, 0.15) is 0 Å². The summed E-state index contributed by atoms with van der Waals surface area (Å²) in [5.41, 5.74) is 0. The minimum atomic E-state index is -0.363. The van der Waals surface area contributed by atoms with Crippen molar-refractivity contribution in [1.29, 1.82) is 0 Å². The molecule has 19 valence electrons. The molecule has 0 heterocycles. The van der Waals surface area contributed by atoms with Gasteiger partial charge in [-0.25, -0.2) is 0 Å². The summed E-state index contributed by atoms with van der Waals surface area (Å²) >= 11 is -0.363. The maximum atomic E-state index is 4.34. The molecule has 0 aliphatic heterocycles. The van der Waals surface area contributed by atoms with E-state index in [9.17, 15) is 0 Å². The average molecular weight is 167 g/mol. The van der Waals surface area contributed by atoms with Gasteiger partial charge in [-0.3, -0.25) is 0 Å². The zero-order valence-electron chi connectivity index (χ0n) is 2.22. The van der Waals surface area contributed by atoms with Gasteiger partial charge in [-0.05, 0) is 0 Å². The van der Waals surface area contributed by atoms with Gasteiger partial charge in [-0.1, -0.05) is 0 Å². The third kappa shape index (κ3) is 9.29. The predicted molar refractivity (Wildman–Crippen MR) is 20.9 cm³/mol. The summed E-state index contributed by atoms with van der Waals surface area (Å²) in [7, 11) is 8.68. The summed E-state index contributed by atoms with van der Waals surface area (Å²) in [6.45, 7) is 0. The minimum absolute atomic E-state index is 0. The Kier molecular flexibility index (Phi) is 20.3. The van der Waals surface area contributed by atoms with E-state index in [1.165, 1.54) is 0 Å². The van der Waals surface area contributed by atoms with Gasteiger partial charge in [-0.2, -0.15) is 0 Å². The average Bonchev–Trinajstić information content (AvgIpc) is 0.918. The van der Waals surface area contributed by atoms with Crippen LogP contribution in [-0.4, -0.2) is 18.9 Å². The molecule has 0 aromatic heterocycles. The summed E-state index contributed by atoms with van der Waals surface area (Å²) in [6, 6.07) is 0. The summed E-state index contributed by atoms with van der Waals surface area (Å²) < 4.78 is 0. The topological polar surface area (TPSA) is 0 Å². The van der Waals surface area contributed by atoms with Crippen molar-refractivity contribution in [2.45, 2.75) is 0 Å². The Morgan fingerprint density at radius 3 is 1.25 bits per heavy atom. The van der Waals surface area contributed by atoms with Crippen LogP contribution >= 0.6 is 19.6 Å². The molecule has 0 aliphatic rings. The Morgan fingerprint density at radius 1 is 1.25 bits per heavy atom. The predicted octanol–water partition coefficient (Wildman–Crippen LogP) is 0.913. The van der Waals surface area contributed by atoms with Crippen molar-refractivity contribution in [1.82, 2.24) is 0 Å². The summed E-state index contributed by atoms with van der Waals surface area (Å²) in [6.07, 6.45) is 0. The van der Waals surface area contributed by atoms with Crippen molar-refractivity contribution in [2.75, 3.05) is 0 Å². The SMILES string of the molecule is [Li].[S]=[Mo]=[S]. The molecule has 0 aliphatic carbocycles. The van der Waals surface area contributed by atoms with E-state index >= 15 is 0 Å². The van der Waals surface area contributed by atoms with E-state index in [1.807, 2.05) is 0 Å². The number of hydrogen-bond donors (Lipinski definition) is 0. The first-order valence-electron chi connectivity index (χ1n) is 0.333. The quantitative estimate of drug-likeness (QED) is 0.492. The van der Waals surface area contributed by atoms with Crippen LogP contribution in [0, 0.1) is 0 Å². The van der Waals surface area contributed by atoms with E-state index < -0.39 is 0 Å². The van der Waals surface area contributed by atoms with E-state index in [2.05, 4.69) is 19.6 Å². The zero-order valence-corrected chi connectivity index (χ0v) is 5.86. The summed E-state index contributed by atoms with van der Waals surface area (Å²) in [5.74, 6) is 0. The molecule has 4 heavy (non-hydrogen) atoms. The van der Waals surface area contributed by atoms with Crippen LogP contribution in [0.5, 0.6) is 0 Å². The van der Waals surface area contributed by atoms with E-state index in [-0.39, 0.29) is 33.8 Å². The second-order valence-corrected chi connectivity index (χ2v) is 3.62. The maximum absolute atomic E-state index is 4.34. The molecule has 0 atom stereocenters. The molecule has 4 heteroatoms. The van der Waals surface area contributed by atoms with Crippen LogP contribution < -0.4 is 0 Å². The molecule has 0 saturated carbocycles. The molecule has 1 radical (unpaired) electrons. The second-order valence-electron chi connectivity index (χ2n) is 0.0680. The van der Waals surface area contributed by atoms with Crippen molar-refractivity contribution in [2.24, 2.45) is 0 Å². The zero-order chi connectivity index (χ0) is 2.71. The number of hydrogen-bond acceptors (Lipinski definition) is 2. The Balaban J connectivity index is 0. The molecular weight excluding hydrogens is 167 g/mol. The van der Waals surface area contributed by atoms with Crippen molar-refractivity contribution in [3.8, 4) is 0 Å². The Bertz CT molecular complexity index is 27.0. The van der Waals surface area contributed by atoms with Crippen molar-refractivity contribution >= 4 is 38.5 Å². The fourth-order valence-electron chi connectivity index (χ4n) is 0.